The molecule has 4 aliphatic rings. The van der Waals surface area contributed by atoms with Gasteiger partial charge < -0.3 is 24.3 Å². The van der Waals surface area contributed by atoms with Crippen molar-refractivity contribution in [2.45, 2.75) is 51.4 Å². The van der Waals surface area contributed by atoms with Crippen molar-refractivity contribution < 1.29 is 41.4 Å². The van der Waals surface area contributed by atoms with Crippen LogP contribution in [-0.4, -0.2) is 85.1 Å². The van der Waals surface area contributed by atoms with Gasteiger partial charge in [0, 0.05) is 34.3 Å². The fraction of sp³-hybridized carbons (Fsp3) is 0.382. The summed E-state index contributed by atoms with van der Waals surface area (Å²) in [4.78, 5) is 46.7. The van der Waals surface area contributed by atoms with Crippen LogP contribution >= 0.6 is 39.5 Å². The Morgan fingerprint density at radius 2 is 1.34 bits per heavy atom. The third kappa shape index (κ3) is 7.47. The number of alkyl halides is 4. The molecule has 0 aliphatic carbocycles. The quantitative estimate of drug-likeness (QED) is 0.197. The number of fused-ring (bicyclic) bond motifs is 6. The summed E-state index contributed by atoms with van der Waals surface area (Å²) >= 11 is 5.18. The second kappa shape index (κ2) is 15.3. The highest BCUT2D eigenvalue weighted by molar-refractivity contribution is 9.10. The average Bonchev–Trinajstić information content (AvgIpc) is 3.87. The van der Waals surface area contributed by atoms with Crippen LogP contribution < -0.4 is 25.0 Å². The maximum absolute atomic E-state index is 13.3. The van der Waals surface area contributed by atoms with Crippen LogP contribution in [0.25, 0.3) is 22.8 Å². The van der Waals surface area contributed by atoms with Gasteiger partial charge in [0.15, 0.2) is 11.6 Å². The number of imidazole rings is 2. The maximum atomic E-state index is 13.3. The average molecular weight is 839 g/mol. The highest BCUT2D eigenvalue weighted by Crippen LogP contribution is 2.40. The third-order valence-electron chi connectivity index (χ3n) is 9.09. The van der Waals surface area contributed by atoms with E-state index in [2.05, 4.69) is 25.9 Å². The van der Waals surface area contributed by atoms with Crippen molar-refractivity contribution in [1.82, 2.24) is 19.1 Å². The Kier molecular flexibility index (Phi) is 10.7. The van der Waals surface area contributed by atoms with Gasteiger partial charge in [-0.1, -0.05) is 52.4 Å². The Labute approximate surface area is 317 Å². The molecule has 12 nitrogen and oxygen atoms in total. The molecular formula is C34H32BrF4N7O5S2. The van der Waals surface area contributed by atoms with Gasteiger partial charge in [-0.05, 0) is 42.3 Å². The molecule has 0 saturated carbocycles. The molecule has 2 fully saturated rings. The molecule has 2 saturated heterocycles. The van der Waals surface area contributed by atoms with Gasteiger partial charge in [0.2, 0.25) is 5.91 Å². The first-order valence-corrected chi connectivity index (χ1v) is 19.3. The van der Waals surface area contributed by atoms with E-state index in [0.29, 0.717) is 61.4 Å². The first kappa shape index (κ1) is 37.1. The van der Waals surface area contributed by atoms with Crippen molar-refractivity contribution in [2.24, 2.45) is 11.7 Å². The van der Waals surface area contributed by atoms with Gasteiger partial charge in [0.25, 0.3) is 23.3 Å². The van der Waals surface area contributed by atoms with Gasteiger partial charge in [-0.2, -0.15) is 0 Å². The minimum Gasteiger partial charge on any atom is -0.491 e. The molecule has 53 heavy (non-hydrogen) atoms. The topological polar surface area (TPSA) is 138 Å². The van der Waals surface area contributed by atoms with Gasteiger partial charge in [0.1, 0.15) is 48.4 Å². The highest BCUT2D eigenvalue weighted by atomic mass is 79.9. The number of nitrogens with zero attached hydrogens (tertiary/aromatic N) is 6. The zero-order valence-corrected chi connectivity index (χ0v) is 31.2. The number of anilines is 2. The van der Waals surface area contributed by atoms with Crippen LogP contribution in [0.1, 0.15) is 12.5 Å². The first-order valence-electron chi connectivity index (χ1n) is 16.5. The highest BCUT2D eigenvalue weighted by Gasteiger charge is 2.42. The number of nitrogens with two attached hydrogens (primary N) is 1. The molecule has 6 heterocycles. The lowest BCUT2D eigenvalue weighted by Gasteiger charge is -2.20. The molecule has 4 aliphatic heterocycles. The SMILES string of the molecule is C[C@H](Cc1ccc2c(c1)OCCn1cc(N3C(=O)SC[C@H]3C(F)F)nc1-2)C(N)=O.O=C1SC[C@@H](C(F)F)N1c1cn2c(n1)-c1ccc(Br)cc1OCC2. The zero-order valence-electron chi connectivity index (χ0n) is 28.0. The Balaban J connectivity index is 0.000000167. The fourth-order valence-corrected chi connectivity index (χ4v) is 8.63. The molecule has 8 rings (SSSR count). The minimum absolute atomic E-state index is 0.0415. The molecule has 2 aromatic heterocycles. The van der Waals surface area contributed by atoms with Crippen LogP contribution in [0, 0.1) is 5.92 Å². The lowest BCUT2D eigenvalue weighted by atomic mass is 9.99. The number of ether oxygens (including phenoxy) is 2. The van der Waals surface area contributed by atoms with E-state index in [0.717, 1.165) is 48.9 Å². The molecule has 3 amide bonds. The molecular weight excluding hydrogens is 806 g/mol. The summed E-state index contributed by atoms with van der Waals surface area (Å²) in [5.74, 6) is 2.36. The number of carbonyl (C=O) groups excluding carboxylic acids is 3. The second-order valence-electron chi connectivity index (χ2n) is 12.6. The predicted molar refractivity (Wildman–Crippen MR) is 196 cm³/mol. The number of rotatable bonds is 7. The summed E-state index contributed by atoms with van der Waals surface area (Å²) in [7, 11) is 0. The van der Waals surface area contributed by atoms with Crippen molar-refractivity contribution in [1.29, 1.82) is 0 Å². The standard InChI is InChI=1S/C19H20F2N4O3S.C15H12BrF2N3O2S/c1-10(17(22)26)6-11-2-3-12-14(7-11)28-5-4-24-8-15(23-18(12)24)25-13(16(20)21)9-29-19(25)27;16-8-1-2-9-11(5-8)23-4-3-20-6-12(19-14(9)20)21-10(13(17)18)7-24-15(21)22/h2-3,7-8,10,13,16H,4-6,9H2,1H3,(H2,22,26);1-2,5-6,10,13H,3-4,7H2/t10-,13+;10-/m10/s1. The molecule has 3 atom stereocenters. The predicted octanol–water partition coefficient (Wildman–Crippen LogP) is 6.93. The largest absolute Gasteiger partial charge is 0.491 e. The van der Waals surface area contributed by atoms with E-state index in [1.165, 1.54) is 0 Å². The van der Waals surface area contributed by atoms with Crippen molar-refractivity contribution >= 4 is 67.5 Å². The van der Waals surface area contributed by atoms with Crippen LogP contribution in [0.4, 0.5) is 38.8 Å². The van der Waals surface area contributed by atoms with E-state index in [9.17, 15) is 31.9 Å². The summed E-state index contributed by atoms with van der Waals surface area (Å²) in [6.45, 7) is 3.57. The molecule has 4 aromatic rings. The van der Waals surface area contributed by atoms with Crippen LogP contribution in [0.5, 0.6) is 11.5 Å². The normalized spacial score (nSPS) is 19.7. The summed E-state index contributed by atoms with van der Waals surface area (Å²) < 4.78 is 69.2. The van der Waals surface area contributed by atoms with E-state index in [1.54, 1.807) is 19.3 Å². The Morgan fingerprint density at radius 1 is 0.849 bits per heavy atom. The van der Waals surface area contributed by atoms with Crippen molar-refractivity contribution in [2.75, 3.05) is 34.5 Å². The lowest BCUT2D eigenvalue weighted by Crippen LogP contribution is -2.38. The number of primary amides is 1. The lowest BCUT2D eigenvalue weighted by molar-refractivity contribution is -0.121. The number of halogens is 5. The van der Waals surface area contributed by atoms with Crippen molar-refractivity contribution in [3.05, 3.63) is 58.8 Å². The second-order valence-corrected chi connectivity index (χ2v) is 15.5. The number of amides is 3. The minimum atomic E-state index is -2.64. The van der Waals surface area contributed by atoms with Crippen molar-refractivity contribution in [3.8, 4) is 34.3 Å². The molecule has 0 bridgehead atoms. The van der Waals surface area contributed by atoms with Gasteiger partial charge in [0.05, 0.1) is 24.2 Å². The number of thioether (sulfide) groups is 2. The fourth-order valence-electron chi connectivity index (χ4n) is 6.34. The monoisotopic (exact) mass is 837 g/mol. The van der Waals surface area contributed by atoms with E-state index >= 15 is 0 Å². The summed E-state index contributed by atoms with van der Waals surface area (Å²) in [5.41, 5.74) is 7.73. The number of hydrogen-bond donors (Lipinski definition) is 1. The molecule has 280 valence electrons. The Bertz CT molecular complexity index is 2070. The molecule has 2 N–H and O–H groups in total. The number of benzene rings is 2. The third-order valence-corrected chi connectivity index (χ3v) is 11.5. The van der Waals surface area contributed by atoms with Crippen molar-refractivity contribution in [3.63, 3.8) is 0 Å². The van der Waals surface area contributed by atoms with E-state index in [1.807, 2.05) is 45.5 Å². The van der Waals surface area contributed by atoms with E-state index in [4.69, 9.17) is 15.2 Å². The Morgan fingerprint density at radius 3 is 1.83 bits per heavy atom. The summed E-state index contributed by atoms with van der Waals surface area (Å²) in [5, 5.41) is -0.809. The zero-order chi connectivity index (χ0) is 37.6. The molecule has 0 radical (unpaired) electrons. The van der Waals surface area contributed by atoms with E-state index in [-0.39, 0.29) is 40.2 Å². The molecule has 0 unspecified atom stereocenters. The van der Waals surface area contributed by atoms with Gasteiger partial charge >= 0.3 is 0 Å². The van der Waals surface area contributed by atoms with Crippen LogP contribution in [0.3, 0.4) is 0 Å². The molecule has 19 heteroatoms. The first-order chi connectivity index (χ1) is 25.4. The maximum Gasteiger partial charge on any atom is 0.287 e. The smallest absolute Gasteiger partial charge is 0.287 e. The molecule has 2 aromatic carbocycles. The van der Waals surface area contributed by atoms with Gasteiger partial charge in [-0.15, -0.1) is 0 Å². The van der Waals surface area contributed by atoms with Crippen LogP contribution in [0.2, 0.25) is 0 Å². The number of aromatic nitrogens is 4. The van der Waals surface area contributed by atoms with E-state index < -0.39 is 30.2 Å². The Hall–Kier alpha value is -4.23. The molecule has 0 spiro atoms. The van der Waals surface area contributed by atoms with Crippen LogP contribution in [0.15, 0.2) is 53.3 Å². The van der Waals surface area contributed by atoms with Gasteiger partial charge in [-0.3, -0.25) is 24.2 Å². The summed E-state index contributed by atoms with van der Waals surface area (Å²) in [6, 6.07) is 8.80. The van der Waals surface area contributed by atoms with Crippen LogP contribution in [-0.2, 0) is 24.3 Å². The number of hydrogen-bond acceptors (Lipinski definition) is 9. The van der Waals surface area contributed by atoms with Gasteiger partial charge in [-0.25, -0.2) is 27.5 Å². The summed E-state index contributed by atoms with van der Waals surface area (Å²) in [6.07, 6.45) is -1.48. The number of carbonyl (C=O) groups is 3.